The second-order valence-corrected chi connectivity index (χ2v) is 7.32. The van der Waals surface area contributed by atoms with Crippen LogP contribution >= 0.6 is 0 Å². The van der Waals surface area contributed by atoms with Crippen LogP contribution in [0.1, 0.15) is 47.8 Å². The number of carbonyl (C=O) groups excluding carboxylic acids is 1. The third-order valence-corrected chi connectivity index (χ3v) is 5.72. The van der Waals surface area contributed by atoms with E-state index in [0.717, 1.165) is 36.8 Å². The number of fused-ring (bicyclic) bond motifs is 2. The van der Waals surface area contributed by atoms with E-state index in [4.69, 9.17) is 4.52 Å². The Morgan fingerprint density at radius 3 is 2.41 bits per heavy atom. The highest BCUT2D eigenvalue weighted by Crippen LogP contribution is 2.43. The number of hydrogen-bond donors (Lipinski definition) is 0. The number of piperidine rings is 1. The van der Waals surface area contributed by atoms with Crippen LogP contribution in [0.2, 0.25) is 0 Å². The van der Waals surface area contributed by atoms with Gasteiger partial charge in [-0.3, -0.25) is 9.78 Å². The first-order valence-electron chi connectivity index (χ1n) is 9.41. The van der Waals surface area contributed by atoms with Crippen LogP contribution in [0.4, 0.5) is 0 Å². The molecule has 0 spiro atoms. The lowest BCUT2D eigenvalue weighted by atomic mass is 9.90. The van der Waals surface area contributed by atoms with E-state index in [0.29, 0.717) is 11.7 Å². The quantitative estimate of drug-likeness (QED) is 0.712. The van der Waals surface area contributed by atoms with Crippen molar-refractivity contribution < 1.29 is 9.32 Å². The third kappa shape index (κ3) is 2.91. The molecule has 2 aliphatic heterocycles. The van der Waals surface area contributed by atoms with E-state index in [9.17, 15) is 4.79 Å². The van der Waals surface area contributed by atoms with Crippen LogP contribution in [0.3, 0.4) is 0 Å². The molecule has 2 aromatic heterocycles. The van der Waals surface area contributed by atoms with E-state index >= 15 is 0 Å². The van der Waals surface area contributed by atoms with Gasteiger partial charge in [0, 0.05) is 41.5 Å². The van der Waals surface area contributed by atoms with E-state index in [1.807, 2.05) is 42.5 Å². The summed E-state index contributed by atoms with van der Waals surface area (Å²) in [7, 11) is 0. The lowest BCUT2D eigenvalue weighted by molar-refractivity contribution is 0.0555. The summed E-state index contributed by atoms with van der Waals surface area (Å²) in [6, 6.07) is 13.8. The van der Waals surface area contributed by atoms with Crippen molar-refractivity contribution in [2.24, 2.45) is 0 Å². The maximum Gasteiger partial charge on any atom is 0.254 e. The fourth-order valence-electron chi connectivity index (χ4n) is 4.46. The Kier molecular flexibility index (Phi) is 3.96. The van der Waals surface area contributed by atoms with Crippen LogP contribution in [0.25, 0.3) is 11.4 Å². The molecule has 6 heteroatoms. The standard InChI is InChI=1S/C21H20N4O2/c26-21(15-4-2-1-3-5-15)25-17-6-7-18(25)13-16(12-17)20-23-19(24-27-20)14-8-10-22-11-9-14/h1-5,8-11,16-18H,6-7,12-13H2/t16?,17-,18+. The van der Waals surface area contributed by atoms with Crippen LogP contribution in [0.15, 0.2) is 59.4 Å². The first-order chi connectivity index (χ1) is 13.3. The molecule has 0 radical (unpaired) electrons. The summed E-state index contributed by atoms with van der Waals surface area (Å²) in [5.41, 5.74) is 1.67. The fourth-order valence-corrected chi connectivity index (χ4v) is 4.46. The number of benzene rings is 1. The second-order valence-electron chi connectivity index (χ2n) is 7.32. The predicted molar refractivity (Wildman–Crippen MR) is 98.9 cm³/mol. The summed E-state index contributed by atoms with van der Waals surface area (Å²) in [6.07, 6.45) is 7.30. The van der Waals surface area contributed by atoms with Crippen LogP contribution < -0.4 is 0 Å². The fraction of sp³-hybridized carbons (Fsp3) is 0.333. The Hall–Kier alpha value is -3.02. The highest BCUT2D eigenvalue weighted by Gasteiger charge is 2.45. The molecular weight excluding hydrogens is 340 g/mol. The zero-order chi connectivity index (χ0) is 18.2. The first kappa shape index (κ1) is 16.2. The third-order valence-electron chi connectivity index (χ3n) is 5.72. The minimum atomic E-state index is 0.143. The van der Waals surface area contributed by atoms with Crippen molar-refractivity contribution in [3.8, 4) is 11.4 Å². The monoisotopic (exact) mass is 360 g/mol. The Balaban J connectivity index is 1.35. The average Bonchev–Trinajstić information content (AvgIpc) is 3.32. The Morgan fingerprint density at radius 2 is 1.70 bits per heavy atom. The molecule has 0 aliphatic carbocycles. The molecule has 2 aliphatic rings. The maximum absolute atomic E-state index is 13.0. The van der Waals surface area contributed by atoms with Crippen molar-refractivity contribution >= 4 is 5.91 Å². The van der Waals surface area contributed by atoms with Crippen molar-refractivity contribution in [2.75, 3.05) is 0 Å². The first-order valence-corrected chi connectivity index (χ1v) is 9.41. The van der Waals surface area contributed by atoms with Gasteiger partial charge in [0.2, 0.25) is 11.7 Å². The summed E-state index contributed by atoms with van der Waals surface area (Å²) in [4.78, 5) is 23.7. The molecule has 136 valence electrons. The largest absolute Gasteiger partial charge is 0.339 e. The van der Waals surface area contributed by atoms with Gasteiger partial charge in [-0.15, -0.1) is 0 Å². The molecule has 6 nitrogen and oxygen atoms in total. The number of hydrogen-bond acceptors (Lipinski definition) is 5. The number of nitrogens with zero attached hydrogens (tertiary/aromatic N) is 4. The molecule has 27 heavy (non-hydrogen) atoms. The molecule has 1 unspecified atom stereocenters. The normalized spacial score (nSPS) is 24.1. The van der Waals surface area contributed by atoms with Gasteiger partial charge in [-0.05, 0) is 49.9 Å². The molecule has 0 saturated carbocycles. The zero-order valence-electron chi connectivity index (χ0n) is 14.9. The van der Waals surface area contributed by atoms with E-state index in [2.05, 4.69) is 20.0 Å². The van der Waals surface area contributed by atoms with Gasteiger partial charge in [-0.1, -0.05) is 23.4 Å². The van der Waals surface area contributed by atoms with Crippen LogP contribution in [0.5, 0.6) is 0 Å². The van der Waals surface area contributed by atoms with Crippen molar-refractivity contribution in [1.82, 2.24) is 20.0 Å². The predicted octanol–water partition coefficient (Wildman–Crippen LogP) is 3.68. The molecule has 1 amide bonds. The Morgan fingerprint density at radius 1 is 1.00 bits per heavy atom. The van der Waals surface area contributed by atoms with Crippen LogP contribution in [-0.2, 0) is 0 Å². The van der Waals surface area contributed by atoms with Gasteiger partial charge in [0.1, 0.15) is 0 Å². The van der Waals surface area contributed by atoms with Crippen molar-refractivity contribution in [2.45, 2.75) is 43.7 Å². The van der Waals surface area contributed by atoms with Crippen molar-refractivity contribution in [1.29, 1.82) is 0 Å². The molecule has 4 heterocycles. The van der Waals surface area contributed by atoms with Crippen LogP contribution in [-0.4, -0.2) is 38.0 Å². The van der Waals surface area contributed by atoms with E-state index in [-0.39, 0.29) is 23.9 Å². The lowest BCUT2D eigenvalue weighted by Crippen LogP contribution is -2.46. The van der Waals surface area contributed by atoms with Gasteiger partial charge in [-0.25, -0.2) is 0 Å². The molecule has 3 atom stereocenters. The van der Waals surface area contributed by atoms with Crippen molar-refractivity contribution in [3.05, 3.63) is 66.3 Å². The number of aromatic nitrogens is 3. The van der Waals surface area contributed by atoms with Gasteiger partial charge < -0.3 is 9.42 Å². The van der Waals surface area contributed by atoms with Gasteiger partial charge >= 0.3 is 0 Å². The minimum Gasteiger partial charge on any atom is -0.339 e. The van der Waals surface area contributed by atoms with Gasteiger partial charge in [0.05, 0.1) is 0 Å². The molecule has 3 aromatic rings. The van der Waals surface area contributed by atoms with Crippen LogP contribution in [0, 0.1) is 0 Å². The van der Waals surface area contributed by atoms with E-state index < -0.39 is 0 Å². The number of pyridine rings is 1. The molecule has 5 rings (SSSR count). The summed E-state index contributed by atoms with van der Waals surface area (Å²) in [6.45, 7) is 0. The zero-order valence-corrected chi connectivity index (χ0v) is 14.9. The van der Waals surface area contributed by atoms with Gasteiger partial charge in [0.15, 0.2) is 0 Å². The molecule has 2 fully saturated rings. The lowest BCUT2D eigenvalue weighted by Gasteiger charge is -2.37. The molecule has 0 N–H and O–H groups in total. The maximum atomic E-state index is 13.0. The smallest absolute Gasteiger partial charge is 0.254 e. The minimum absolute atomic E-state index is 0.143. The van der Waals surface area contributed by atoms with Gasteiger partial charge in [0.25, 0.3) is 5.91 Å². The molecule has 2 saturated heterocycles. The van der Waals surface area contributed by atoms with Crippen molar-refractivity contribution in [3.63, 3.8) is 0 Å². The van der Waals surface area contributed by atoms with Gasteiger partial charge in [-0.2, -0.15) is 4.98 Å². The molecular formula is C21H20N4O2. The SMILES string of the molecule is O=C(c1ccccc1)N1[C@@H]2CC[C@H]1CC(c1nc(-c3ccncc3)no1)C2. The summed E-state index contributed by atoms with van der Waals surface area (Å²) in [5.74, 6) is 1.64. The highest BCUT2D eigenvalue weighted by molar-refractivity contribution is 5.94. The topological polar surface area (TPSA) is 72.1 Å². The number of rotatable bonds is 3. The van der Waals surface area contributed by atoms with E-state index in [1.165, 1.54) is 0 Å². The molecule has 1 aromatic carbocycles. The summed E-state index contributed by atoms with van der Waals surface area (Å²) >= 11 is 0. The Labute approximate surface area is 157 Å². The Bertz CT molecular complexity index is 927. The summed E-state index contributed by atoms with van der Waals surface area (Å²) < 4.78 is 5.58. The van der Waals surface area contributed by atoms with E-state index in [1.54, 1.807) is 12.4 Å². The summed E-state index contributed by atoms with van der Waals surface area (Å²) in [5, 5.41) is 4.14. The number of amides is 1. The molecule has 2 bridgehead atoms. The second kappa shape index (κ2) is 6.61. The average molecular weight is 360 g/mol. The highest BCUT2D eigenvalue weighted by atomic mass is 16.5. The number of carbonyl (C=O) groups is 1.